The van der Waals surface area contributed by atoms with E-state index in [0.29, 0.717) is 21.9 Å². The number of nitrogens with one attached hydrogen (secondary N) is 1. The summed E-state index contributed by atoms with van der Waals surface area (Å²) in [5.74, 6) is 0.854. The second kappa shape index (κ2) is 5.04. The molecule has 0 amide bonds. The SMILES string of the molecule is Clc1ccc2c(c1Cl)N[C@H](c1ccccn1)C1CC=CC21. The predicted octanol–water partition coefficient (Wildman–Crippen LogP) is 5.21. The molecule has 2 aromatic rings. The molecule has 1 aromatic carbocycles. The molecule has 0 spiro atoms. The summed E-state index contributed by atoms with van der Waals surface area (Å²) >= 11 is 12.6. The predicted molar refractivity (Wildman–Crippen MR) is 87.1 cm³/mol. The molecule has 21 heavy (non-hydrogen) atoms. The molecular formula is C17H14Cl2N2. The van der Waals surface area contributed by atoms with E-state index in [-0.39, 0.29) is 6.04 Å². The van der Waals surface area contributed by atoms with Crippen LogP contribution in [0.15, 0.2) is 48.7 Å². The lowest BCUT2D eigenvalue weighted by Crippen LogP contribution is -2.29. The maximum atomic E-state index is 6.42. The number of rotatable bonds is 1. The van der Waals surface area contributed by atoms with Crippen molar-refractivity contribution in [1.82, 2.24) is 4.98 Å². The summed E-state index contributed by atoms with van der Waals surface area (Å²) in [5.41, 5.74) is 3.24. The van der Waals surface area contributed by atoms with E-state index in [1.807, 2.05) is 24.4 Å². The van der Waals surface area contributed by atoms with Crippen molar-refractivity contribution < 1.29 is 0 Å². The Kier molecular flexibility index (Phi) is 3.16. The van der Waals surface area contributed by atoms with Crippen LogP contribution in [0.1, 0.15) is 29.6 Å². The van der Waals surface area contributed by atoms with Crippen molar-refractivity contribution in [3.8, 4) is 0 Å². The molecule has 2 nitrogen and oxygen atoms in total. The van der Waals surface area contributed by atoms with Gasteiger partial charge in [0, 0.05) is 12.1 Å². The number of halogens is 2. The van der Waals surface area contributed by atoms with E-state index >= 15 is 0 Å². The maximum Gasteiger partial charge on any atom is 0.0826 e. The maximum absolute atomic E-state index is 6.42. The lowest BCUT2D eigenvalue weighted by Gasteiger charge is -2.37. The van der Waals surface area contributed by atoms with Gasteiger partial charge in [0.2, 0.25) is 0 Å². The first-order valence-electron chi connectivity index (χ1n) is 7.07. The van der Waals surface area contributed by atoms with Gasteiger partial charge in [0.25, 0.3) is 0 Å². The first-order valence-corrected chi connectivity index (χ1v) is 7.83. The summed E-state index contributed by atoms with van der Waals surface area (Å²) in [7, 11) is 0. The van der Waals surface area contributed by atoms with E-state index in [2.05, 4.69) is 34.6 Å². The highest BCUT2D eigenvalue weighted by Crippen LogP contribution is 2.52. The van der Waals surface area contributed by atoms with Crippen LogP contribution in [0.4, 0.5) is 5.69 Å². The Morgan fingerprint density at radius 2 is 2.05 bits per heavy atom. The molecule has 1 aromatic heterocycles. The van der Waals surface area contributed by atoms with Gasteiger partial charge in [-0.25, -0.2) is 0 Å². The van der Waals surface area contributed by atoms with Crippen LogP contribution < -0.4 is 5.32 Å². The number of nitrogens with zero attached hydrogens (tertiary/aromatic N) is 1. The zero-order valence-corrected chi connectivity index (χ0v) is 12.8. The van der Waals surface area contributed by atoms with Gasteiger partial charge in [0.1, 0.15) is 0 Å². The Morgan fingerprint density at radius 3 is 2.86 bits per heavy atom. The van der Waals surface area contributed by atoms with Crippen LogP contribution in [0.25, 0.3) is 0 Å². The second-order valence-electron chi connectivity index (χ2n) is 5.56. The van der Waals surface area contributed by atoms with Crippen LogP contribution in [-0.2, 0) is 0 Å². The van der Waals surface area contributed by atoms with Crippen molar-refractivity contribution in [1.29, 1.82) is 0 Å². The minimum absolute atomic E-state index is 0.162. The van der Waals surface area contributed by atoms with Crippen molar-refractivity contribution in [3.63, 3.8) is 0 Å². The summed E-state index contributed by atoms with van der Waals surface area (Å²) in [4.78, 5) is 4.52. The lowest BCUT2D eigenvalue weighted by molar-refractivity contribution is 0.419. The van der Waals surface area contributed by atoms with E-state index < -0.39 is 0 Å². The number of pyridine rings is 1. The van der Waals surface area contributed by atoms with Crippen LogP contribution in [0.5, 0.6) is 0 Å². The quantitative estimate of drug-likeness (QED) is 0.730. The van der Waals surface area contributed by atoms with Crippen LogP contribution in [-0.4, -0.2) is 4.98 Å². The van der Waals surface area contributed by atoms with E-state index in [4.69, 9.17) is 23.2 Å². The summed E-state index contributed by atoms with van der Waals surface area (Å²) in [6.45, 7) is 0. The van der Waals surface area contributed by atoms with Crippen LogP contribution in [0.2, 0.25) is 10.0 Å². The van der Waals surface area contributed by atoms with E-state index in [0.717, 1.165) is 17.8 Å². The normalized spacial score (nSPS) is 26.1. The Hall–Kier alpha value is -1.51. The minimum Gasteiger partial charge on any atom is -0.375 e. The Bertz CT molecular complexity index is 712. The molecule has 1 N–H and O–H groups in total. The molecule has 0 saturated carbocycles. The van der Waals surface area contributed by atoms with Crippen LogP contribution >= 0.6 is 23.2 Å². The topological polar surface area (TPSA) is 24.9 Å². The second-order valence-corrected chi connectivity index (χ2v) is 6.34. The third-order valence-electron chi connectivity index (χ3n) is 4.43. The largest absolute Gasteiger partial charge is 0.375 e. The fourth-order valence-corrected chi connectivity index (χ4v) is 3.84. The van der Waals surface area contributed by atoms with Gasteiger partial charge >= 0.3 is 0 Å². The van der Waals surface area contributed by atoms with Gasteiger partial charge in [-0.2, -0.15) is 0 Å². The van der Waals surface area contributed by atoms with Crippen molar-refractivity contribution in [2.24, 2.45) is 5.92 Å². The highest BCUT2D eigenvalue weighted by atomic mass is 35.5. The van der Waals surface area contributed by atoms with Gasteiger partial charge < -0.3 is 5.32 Å². The number of allylic oxidation sites excluding steroid dienone is 2. The summed E-state index contributed by atoms with van der Waals surface area (Å²) in [5, 5.41) is 4.77. The summed E-state index contributed by atoms with van der Waals surface area (Å²) in [6.07, 6.45) is 7.43. The molecule has 0 radical (unpaired) electrons. The van der Waals surface area contributed by atoms with Gasteiger partial charge in [-0.1, -0.05) is 47.5 Å². The average Bonchev–Trinajstić information content (AvgIpc) is 3.00. The number of hydrogen-bond acceptors (Lipinski definition) is 2. The van der Waals surface area contributed by atoms with Gasteiger partial charge in [0.15, 0.2) is 0 Å². The monoisotopic (exact) mass is 316 g/mol. The number of hydrogen-bond donors (Lipinski definition) is 1. The molecule has 4 rings (SSSR count). The zero-order valence-electron chi connectivity index (χ0n) is 11.3. The van der Waals surface area contributed by atoms with Gasteiger partial charge in [-0.05, 0) is 36.1 Å². The molecule has 4 heteroatoms. The molecular weight excluding hydrogens is 303 g/mol. The third-order valence-corrected chi connectivity index (χ3v) is 5.24. The third kappa shape index (κ3) is 2.05. The van der Waals surface area contributed by atoms with Crippen molar-refractivity contribution in [2.75, 3.05) is 5.32 Å². The minimum atomic E-state index is 0.162. The van der Waals surface area contributed by atoms with Crippen molar-refractivity contribution in [2.45, 2.75) is 18.4 Å². The molecule has 2 heterocycles. The molecule has 0 saturated heterocycles. The Morgan fingerprint density at radius 1 is 1.14 bits per heavy atom. The van der Waals surface area contributed by atoms with Crippen LogP contribution in [0.3, 0.4) is 0 Å². The van der Waals surface area contributed by atoms with Gasteiger partial charge in [-0.15, -0.1) is 0 Å². The molecule has 2 aliphatic rings. The fourth-order valence-electron chi connectivity index (χ4n) is 3.46. The molecule has 0 bridgehead atoms. The number of aromatic nitrogens is 1. The molecule has 106 valence electrons. The van der Waals surface area contributed by atoms with Gasteiger partial charge in [0.05, 0.1) is 27.5 Å². The highest BCUT2D eigenvalue weighted by Gasteiger charge is 2.39. The molecule has 3 atom stereocenters. The fraction of sp³-hybridized carbons (Fsp3) is 0.235. The standard InChI is InChI=1S/C17H14Cl2N2/c18-13-8-7-12-10-4-3-5-11(10)16(21-17(12)15(13)19)14-6-1-2-9-20-14/h1-4,6-11,16,21H,5H2/t10?,11?,16-/m0/s1. The lowest BCUT2D eigenvalue weighted by atomic mass is 9.78. The Balaban J connectivity index is 1.85. The van der Waals surface area contributed by atoms with Crippen molar-refractivity contribution >= 4 is 28.9 Å². The molecule has 0 fully saturated rings. The number of fused-ring (bicyclic) bond motifs is 3. The zero-order chi connectivity index (χ0) is 14.4. The summed E-state index contributed by atoms with van der Waals surface area (Å²) in [6, 6.07) is 10.2. The van der Waals surface area contributed by atoms with E-state index in [1.165, 1.54) is 5.56 Å². The van der Waals surface area contributed by atoms with Crippen LogP contribution in [0, 0.1) is 5.92 Å². The smallest absolute Gasteiger partial charge is 0.0826 e. The molecule has 1 aliphatic heterocycles. The van der Waals surface area contributed by atoms with E-state index in [1.54, 1.807) is 0 Å². The highest BCUT2D eigenvalue weighted by molar-refractivity contribution is 6.43. The van der Waals surface area contributed by atoms with Gasteiger partial charge in [-0.3, -0.25) is 4.98 Å². The average molecular weight is 317 g/mol. The summed E-state index contributed by atoms with van der Waals surface area (Å²) < 4.78 is 0. The molecule has 2 unspecified atom stereocenters. The first kappa shape index (κ1) is 13.2. The van der Waals surface area contributed by atoms with Crippen molar-refractivity contribution in [3.05, 3.63) is 70.0 Å². The number of anilines is 1. The number of benzene rings is 1. The first-order chi connectivity index (χ1) is 10.3. The van der Waals surface area contributed by atoms with E-state index in [9.17, 15) is 0 Å². The molecule has 1 aliphatic carbocycles. The Labute approximate surface area is 133 Å².